The second kappa shape index (κ2) is 8.84. The smallest absolute Gasteiger partial charge is 0.322 e. The molecule has 0 aromatic heterocycles. The normalized spacial score (nSPS) is 21.6. The summed E-state index contributed by atoms with van der Waals surface area (Å²) >= 11 is 0. The molecule has 0 saturated carbocycles. The second-order valence-corrected chi connectivity index (χ2v) is 6.70. The van der Waals surface area contributed by atoms with E-state index in [9.17, 15) is 4.79 Å². The summed E-state index contributed by atoms with van der Waals surface area (Å²) in [6.07, 6.45) is 4.34. The first-order valence-electron chi connectivity index (χ1n) is 9.14. The first-order valence-corrected chi connectivity index (χ1v) is 9.14. The van der Waals surface area contributed by atoms with Crippen molar-refractivity contribution in [2.75, 3.05) is 44.7 Å². The van der Waals surface area contributed by atoms with E-state index in [0.29, 0.717) is 11.6 Å². The minimum Gasteiger partial charge on any atom is -0.379 e. The Morgan fingerprint density at radius 2 is 1.96 bits per heavy atom. The molecule has 1 atom stereocenters. The van der Waals surface area contributed by atoms with Crippen molar-refractivity contribution in [3.8, 4) is 6.07 Å². The molecule has 25 heavy (non-hydrogen) atoms. The number of morpholine rings is 1. The predicted molar refractivity (Wildman–Crippen MR) is 96.4 cm³/mol. The zero-order valence-corrected chi connectivity index (χ0v) is 14.6. The highest BCUT2D eigenvalue weighted by Crippen LogP contribution is 2.22. The number of carbonyl (C=O) groups is 1. The molecule has 0 bridgehead atoms. The zero-order valence-electron chi connectivity index (χ0n) is 14.6. The van der Waals surface area contributed by atoms with E-state index in [1.165, 1.54) is 6.42 Å². The molecule has 134 valence electrons. The van der Waals surface area contributed by atoms with Crippen LogP contribution in [0.3, 0.4) is 0 Å². The molecule has 2 aliphatic rings. The SMILES string of the molecule is N#Cc1ccc(NC(=O)N2CCCCC2CCN2CCOCC2)cc1. The van der Waals surface area contributed by atoms with E-state index in [1.807, 2.05) is 4.90 Å². The van der Waals surface area contributed by atoms with Gasteiger partial charge in [-0.15, -0.1) is 0 Å². The number of rotatable bonds is 4. The summed E-state index contributed by atoms with van der Waals surface area (Å²) in [6, 6.07) is 9.37. The number of likely N-dealkylation sites (tertiary alicyclic amines) is 1. The molecule has 1 aromatic carbocycles. The molecule has 0 aliphatic carbocycles. The van der Waals surface area contributed by atoms with Crippen LogP contribution in [0.1, 0.15) is 31.2 Å². The molecule has 3 rings (SSSR count). The summed E-state index contributed by atoms with van der Waals surface area (Å²) in [6.45, 7) is 5.44. The number of ether oxygens (including phenoxy) is 1. The molecule has 1 aromatic rings. The summed E-state index contributed by atoms with van der Waals surface area (Å²) in [4.78, 5) is 17.1. The van der Waals surface area contributed by atoms with Gasteiger partial charge in [0.1, 0.15) is 0 Å². The van der Waals surface area contributed by atoms with E-state index in [-0.39, 0.29) is 6.03 Å². The summed E-state index contributed by atoms with van der Waals surface area (Å²) in [5.41, 5.74) is 1.33. The van der Waals surface area contributed by atoms with Gasteiger partial charge < -0.3 is 15.0 Å². The minimum absolute atomic E-state index is 0.0311. The molecule has 1 N–H and O–H groups in total. The number of anilines is 1. The lowest BCUT2D eigenvalue weighted by atomic mass is 9.99. The first kappa shape index (κ1) is 17.7. The first-order chi connectivity index (χ1) is 12.3. The van der Waals surface area contributed by atoms with Gasteiger partial charge in [0.25, 0.3) is 0 Å². The van der Waals surface area contributed by atoms with E-state index in [0.717, 1.165) is 64.3 Å². The van der Waals surface area contributed by atoms with Crippen LogP contribution < -0.4 is 5.32 Å². The molecule has 0 spiro atoms. The van der Waals surface area contributed by atoms with Crippen LogP contribution in [-0.4, -0.2) is 61.3 Å². The lowest BCUT2D eigenvalue weighted by Gasteiger charge is -2.37. The third-order valence-electron chi connectivity index (χ3n) is 5.04. The molecule has 2 amide bonds. The number of nitriles is 1. The minimum atomic E-state index is -0.0311. The highest BCUT2D eigenvalue weighted by molar-refractivity contribution is 5.89. The van der Waals surface area contributed by atoms with E-state index < -0.39 is 0 Å². The van der Waals surface area contributed by atoms with Gasteiger partial charge in [-0.1, -0.05) is 0 Å². The van der Waals surface area contributed by atoms with Crippen LogP contribution in [0, 0.1) is 11.3 Å². The van der Waals surface area contributed by atoms with Crippen LogP contribution >= 0.6 is 0 Å². The highest BCUT2D eigenvalue weighted by Gasteiger charge is 2.27. The second-order valence-electron chi connectivity index (χ2n) is 6.70. The summed E-state index contributed by atoms with van der Waals surface area (Å²) in [7, 11) is 0. The van der Waals surface area contributed by atoms with Gasteiger partial charge in [-0.2, -0.15) is 5.26 Å². The van der Waals surface area contributed by atoms with Crippen molar-refractivity contribution < 1.29 is 9.53 Å². The number of benzene rings is 1. The number of hydrogen-bond acceptors (Lipinski definition) is 4. The van der Waals surface area contributed by atoms with E-state index in [1.54, 1.807) is 24.3 Å². The fourth-order valence-electron chi connectivity index (χ4n) is 3.55. The van der Waals surface area contributed by atoms with E-state index in [2.05, 4.69) is 16.3 Å². The van der Waals surface area contributed by atoms with Crippen LogP contribution in [0.5, 0.6) is 0 Å². The molecule has 6 nitrogen and oxygen atoms in total. The molecular formula is C19H26N4O2. The van der Waals surface area contributed by atoms with Crippen molar-refractivity contribution in [1.29, 1.82) is 5.26 Å². The van der Waals surface area contributed by atoms with Gasteiger partial charge in [0.05, 0.1) is 24.8 Å². The van der Waals surface area contributed by atoms with Crippen molar-refractivity contribution in [2.45, 2.75) is 31.7 Å². The number of carbonyl (C=O) groups excluding carboxylic acids is 1. The lowest BCUT2D eigenvalue weighted by molar-refractivity contribution is 0.0329. The largest absolute Gasteiger partial charge is 0.379 e. The zero-order chi connectivity index (χ0) is 17.5. The maximum absolute atomic E-state index is 12.7. The Kier molecular flexibility index (Phi) is 6.26. The Morgan fingerprint density at radius 3 is 2.68 bits per heavy atom. The van der Waals surface area contributed by atoms with Crippen LogP contribution in [0.15, 0.2) is 24.3 Å². The Morgan fingerprint density at radius 1 is 1.20 bits per heavy atom. The van der Waals surface area contributed by atoms with E-state index in [4.69, 9.17) is 10.00 Å². The van der Waals surface area contributed by atoms with Crippen LogP contribution in [0.4, 0.5) is 10.5 Å². The molecule has 2 fully saturated rings. The molecular weight excluding hydrogens is 316 g/mol. The van der Waals surface area contributed by atoms with Crippen molar-refractivity contribution in [2.24, 2.45) is 0 Å². The fourth-order valence-corrected chi connectivity index (χ4v) is 3.55. The van der Waals surface area contributed by atoms with Crippen molar-refractivity contribution in [1.82, 2.24) is 9.80 Å². The van der Waals surface area contributed by atoms with Gasteiger partial charge in [-0.3, -0.25) is 4.90 Å². The van der Waals surface area contributed by atoms with Crippen molar-refractivity contribution in [3.05, 3.63) is 29.8 Å². The summed E-state index contributed by atoms with van der Waals surface area (Å²) in [5.74, 6) is 0. The average Bonchev–Trinajstić information content (AvgIpc) is 2.68. The van der Waals surface area contributed by atoms with Gasteiger partial charge in [0.15, 0.2) is 0 Å². The Balaban J connectivity index is 1.55. The summed E-state index contributed by atoms with van der Waals surface area (Å²) < 4.78 is 5.40. The third kappa shape index (κ3) is 4.94. The molecule has 2 saturated heterocycles. The van der Waals surface area contributed by atoms with Crippen LogP contribution in [-0.2, 0) is 4.74 Å². The molecule has 2 heterocycles. The molecule has 6 heteroatoms. The maximum Gasteiger partial charge on any atom is 0.322 e. The molecule has 0 radical (unpaired) electrons. The van der Waals surface area contributed by atoms with Crippen LogP contribution in [0.2, 0.25) is 0 Å². The molecule has 1 unspecified atom stereocenters. The Labute approximate surface area is 149 Å². The number of nitrogens with zero attached hydrogens (tertiary/aromatic N) is 3. The predicted octanol–water partition coefficient (Wildman–Crippen LogP) is 2.67. The quantitative estimate of drug-likeness (QED) is 0.913. The topological polar surface area (TPSA) is 68.6 Å². The fraction of sp³-hybridized carbons (Fsp3) is 0.579. The number of nitrogens with one attached hydrogen (secondary N) is 1. The Bertz CT molecular complexity index is 605. The lowest BCUT2D eigenvalue weighted by Crippen LogP contribution is -2.48. The number of piperidine rings is 1. The Hall–Kier alpha value is -2.10. The monoisotopic (exact) mass is 342 g/mol. The molecule has 2 aliphatic heterocycles. The average molecular weight is 342 g/mol. The third-order valence-corrected chi connectivity index (χ3v) is 5.04. The number of hydrogen-bond donors (Lipinski definition) is 1. The van der Waals surface area contributed by atoms with Gasteiger partial charge in [0.2, 0.25) is 0 Å². The van der Waals surface area contributed by atoms with E-state index >= 15 is 0 Å². The number of urea groups is 1. The highest BCUT2D eigenvalue weighted by atomic mass is 16.5. The van der Waals surface area contributed by atoms with Crippen molar-refractivity contribution >= 4 is 11.7 Å². The summed E-state index contributed by atoms with van der Waals surface area (Å²) in [5, 5.41) is 11.8. The van der Waals surface area contributed by atoms with Gasteiger partial charge >= 0.3 is 6.03 Å². The standard InChI is InChI=1S/C19H26N4O2/c20-15-16-4-6-17(7-5-16)21-19(24)23-9-2-1-3-18(23)8-10-22-11-13-25-14-12-22/h4-7,18H,1-3,8-14H2,(H,21,24). The van der Waals surface area contributed by atoms with Crippen molar-refractivity contribution in [3.63, 3.8) is 0 Å². The van der Waals surface area contributed by atoms with Gasteiger partial charge in [0, 0.05) is 37.9 Å². The van der Waals surface area contributed by atoms with Gasteiger partial charge in [-0.25, -0.2) is 4.79 Å². The maximum atomic E-state index is 12.7. The van der Waals surface area contributed by atoms with Crippen LogP contribution in [0.25, 0.3) is 0 Å². The van der Waals surface area contributed by atoms with Gasteiger partial charge in [-0.05, 0) is 49.9 Å². The number of amides is 2.